The first-order chi connectivity index (χ1) is 8.59. The third kappa shape index (κ3) is 1.22. The molecule has 90 valence electrons. The van der Waals surface area contributed by atoms with Crippen molar-refractivity contribution in [1.29, 1.82) is 0 Å². The first-order valence-corrected chi connectivity index (χ1v) is 5.18. The van der Waals surface area contributed by atoms with Crippen LogP contribution in [-0.4, -0.2) is 19.9 Å². The molecule has 0 amide bonds. The van der Waals surface area contributed by atoms with E-state index >= 15 is 0 Å². The summed E-state index contributed by atoms with van der Waals surface area (Å²) in [5.41, 5.74) is -0.682. The number of aromatic nitrogens is 2. The van der Waals surface area contributed by atoms with Crippen LogP contribution in [0.4, 0.5) is 0 Å². The van der Waals surface area contributed by atoms with Crippen LogP contribution in [0.1, 0.15) is 0 Å². The SMILES string of the molecule is O=c1cc2n(O)c3ccccc3n(O)c-2cc1=O. The molecule has 0 radical (unpaired) electrons. The third-order valence-corrected chi connectivity index (χ3v) is 2.84. The highest BCUT2D eigenvalue weighted by Crippen LogP contribution is 2.24. The molecule has 1 aliphatic heterocycles. The van der Waals surface area contributed by atoms with E-state index in [1.54, 1.807) is 24.3 Å². The predicted molar refractivity (Wildman–Crippen MR) is 63.5 cm³/mol. The summed E-state index contributed by atoms with van der Waals surface area (Å²) in [5.74, 6) is 0. The summed E-state index contributed by atoms with van der Waals surface area (Å²) in [5, 5.41) is 20.0. The van der Waals surface area contributed by atoms with Gasteiger partial charge >= 0.3 is 0 Å². The van der Waals surface area contributed by atoms with Crippen molar-refractivity contribution in [1.82, 2.24) is 9.46 Å². The van der Waals surface area contributed by atoms with Crippen LogP contribution in [0.5, 0.6) is 0 Å². The number of hydrogen-bond donors (Lipinski definition) is 2. The minimum atomic E-state index is -0.736. The predicted octanol–water partition coefficient (Wildman–Crippen LogP) is 0.743. The zero-order chi connectivity index (χ0) is 12.9. The molecule has 1 aliphatic carbocycles. The van der Waals surface area contributed by atoms with E-state index in [0.29, 0.717) is 11.0 Å². The van der Waals surface area contributed by atoms with Crippen molar-refractivity contribution in [2.75, 3.05) is 0 Å². The summed E-state index contributed by atoms with van der Waals surface area (Å²) >= 11 is 0. The summed E-state index contributed by atoms with van der Waals surface area (Å²) in [6.07, 6.45) is 0. The molecule has 0 atom stereocenters. The maximum Gasteiger partial charge on any atom is 0.228 e. The second-order valence-electron chi connectivity index (χ2n) is 3.90. The molecule has 1 heterocycles. The number of para-hydroxylation sites is 2. The van der Waals surface area contributed by atoms with E-state index in [0.717, 1.165) is 21.6 Å². The van der Waals surface area contributed by atoms with Crippen LogP contribution in [0.25, 0.3) is 22.4 Å². The summed E-state index contributed by atoms with van der Waals surface area (Å²) < 4.78 is 1.55. The van der Waals surface area contributed by atoms with Gasteiger partial charge in [0.25, 0.3) is 0 Å². The Labute approximate surface area is 99.8 Å². The van der Waals surface area contributed by atoms with E-state index in [9.17, 15) is 20.0 Å². The zero-order valence-electron chi connectivity index (χ0n) is 9.07. The van der Waals surface area contributed by atoms with Gasteiger partial charge in [-0.1, -0.05) is 12.1 Å². The lowest BCUT2D eigenvalue weighted by Crippen LogP contribution is -2.25. The molecule has 0 bridgehead atoms. The third-order valence-electron chi connectivity index (χ3n) is 2.84. The highest BCUT2D eigenvalue weighted by Gasteiger charge is 2.17. The van der Waals surface area contributed by atoms with Gasteiger partial charge in [-0.15, -0.1) is 0 Å². The standard InChI is InChI=1S/C12H8N2O4/c15-11-5-9-10(6-12(11)16)14(18)8-4-2-1-3-7(8)13(9)17/h1-6,17-18H. The lowest BCUT2D eigenvalue weighted by molar-refractivity contribution is 0.177. The van der Waals surface area contributed by atoms with E-state index < -0.39 is 10.9 Å². The van der Waals surface area contributed by atoms with E-state index in [1.165, 1.54) is 0 Å². The summed E-state index contributed by atoms with van der Waals surface area (Å²) in [6.45, 7) is 0. The van der Waals surface area contributed by atoms with Gasteiger partial charge < -0.3 is 10.4 Å². The Balaban J connectivity index is 2.67. The number of benzene rings is 2. The average molecular weight is 244 g/mol. The van der Waals surface area contributed by atoms with Crippen molar-refractivity contribution in [2.24, 2.45) is 0 Å². The Bertz CT molecular complexity index is 776. The smallest absolute Gasteiger partial charge is 0.228 e. The second-order valence-corrected chi connectivity index (χ2v) is 3.90. The van der Waals surface area contributed by atoms with Crippen molar-refractivity contribution in [3.05, 3.63) is 56.8 Å². The van der Waals surface area contributed by atoms with Gasteiger partial charge in [-0.05, 0) is 12.1 Å². The Morgan fingerprint density at radius 1 is 0.778 bits per heavy atom. The minimum absolute atomic E-state index is 0.0702. The van der Waals surface area contributed by atoms with Gasteiger partial charge in [0.15, 0.2) is 0 Å². The molecule has 2 N–H and O–H groups in total. The monoisotopic (exact) mass is 244 g/mol. The molecule has 0 saturated heterocycles. The molecule has 1 aromatic rings. The molecule has 1 aromatic carbocycles. The first kappa shape index (κ1) is 10.4. The van der Waals surface area contributed by atoms with Crippen molar-refractivity contribution < 1.29 is 10.4 Å². The fourth-order valence-corrected chi connectivity index (χ4v) is 1.96. The lowest BCUT2D eigenvalue weighted by Gasteiger charge is -2.16. The maximum atomic E-state index is 11.3. The Morgan fingerprint density at radius 3 is 1.56 bits per heavy atom. The zero-order valence-corrected chi connectivity index (χ0v) is 9.07. The van der Waals surface area contributed by atoms with Gasteiger partial charge in [-0.2, -0.15) is 9.46 Å². The van der Waals surface area contributed by atoms with Crippen LogP contribution < -0.4 is 10.9 Å². The highest BCUT2D eigenvalue weighted by atomic mass is 16.5. The molecule has 0 saturated carbocycles. The second kappa shape index (κ2) is 3.36. The van der Waals surface area contributed by atoms with Crippen LogP contribution in [0, 0.1) is 0 Å². The molecule has 6 heteroatoms. The van der Waals surface area contributed by atoms with Crippen molar-refractivity contribution in [2.45, 2.75) is 0 Å². The molecule has 0 spiro atoms. The highest BCUT2D eigenvalue weighted by molar-refractivity contribution is 5.80. The number of hydrogen-bond acceptors (Lipinski definition) is 4. The van der Waals surface area contributed by atoms with E-state index in [1.807, 2.05) is 0 Å². The first-order valence-electron chi connectivity index (χ1n) is 5.18. The Kier molecular flexibility index (Phi) is 1.94. The normalized spacial score (nSPS) is 11.1. The van der Waals surface area contributed by atoms with Crippen molar-refractivity contribution >= 4 is 11.0 Å². The van der Waals surface area contributed by atoms with Gasteiger partial charge in [0.1, 0.15) is 22.4 Å². The average Bonchev–Trinajstić information content (AvgIpc) is 2.38. The van der Waals surface area contributed by atoms with E-state index in [2.05, 4.69) is 0 Å². The molecule has 0 unspecified atom stereocenters. The fraction of sp³-hybridized carbons (Fsp3) is 0. The molecule has 18 heavy (non-hydrogen) atoms. The number of rotatable bonds is 0. The molecule has 0 fully saturated rings. The van der Waals surface area contributed by atoms with Gasteiger partial charge in [-0.25, -0.2) is 0 Å². The van der Waals surface area contributed by atoms with Gasteiger partial charge in [-0.3, -0.25) is 9.59 Å². The molecule has 3 rings (SSSR count). The maximum absolute atomic E-state index is 11.3. The van der Waals surface area contributed by atoms with Crippen molar-refractivity contribution in [3.63, 3.8) is 0 Å². The van der Waals surface area contributed by atoms with E-state index in [4.69, 9.17) is 0 Å². The largest absolute Gasteiger partial charge is 0.428 e. The van der Waals surface area contributed by atoms with Crippen LogP contribution in [0.15, 0.2) is 46.0 Å². The molecule has 2 aliphatic rings. The summed E-state index contributed by atoms with van der Waals surface area (Å²) in [7, 11) is 0. The van der Waals surface area contributed by atoms with Crippen LogP contribution in [0.3, 0.4) is 0 Å². The molecular weight excluding hydrogens is 236 g/mol. The lowest BCUT2D eigenvalue weighted by atomic mass is 10.2. The Morgan fingerprint density at radius 2 is 1.17 bits per heavy atom. The van der Waals surface area contributed by atoms with Crippen LogP contribution in [-0.2, 0) is 0 Å². The van der Waals surface area contributed by atoms with Gasteiger partial charge in [0.05, 0.1) is 0 Å². The van der Waals surface area contributed by atoms with Gasteiger partial charge in [0.2, 0.25) is 10.9 Å². The fourth-order valence-electron chi connectivity index (χ4n) is 1.96. The quantitative estimate of drug-likeness (QED) is 0.347. The van der Waals surface area contributed by atoms with Crippen LogP contribution in [0.2, 0.25) is 0 Å². The number of fused-ring (bicyclic) bond motifs is 2. The van der Waals surface area contributed by atoms with Crippen molar-refractivity contribution in [3.8, 4) is 11.4 Å². The van der Waals surface area contributed by atoms with E-state index in [-0.39, 0.29) is 11.4 Å². The molecule has 0 aromatic heterocycles. The topological polar surface area (TPSA) is 84.5 Å². The summed E-state index contributed by atoms with van der Waals surface area (Å²) in [6, 6.07) is 8.52. The summed E-state index contributed by atoms with van der Waals surface area (Å²) in [4.78, 5) is 22.6. The van der Waals surface area contributed by atoms with Gasteiger partial charge in [0, 0.05) is 12.1 Å². The van der Waals surface area contributed by atoms with Crippen LogP contribution >= 0.6 is 0 Å². The minimum Gasteiger partial charge on any atom is -0.428 e. The molecule has 6 nitrogen and oxygen atoms in total. The molecular formula is C12H8N2O4. The Hall–Kier alpha value is -2.76. The number of nitrogens with zero attached hydrogens (tertiary/aromatic N) is 2.